The van der Waals surface area contributed by atoms with Crippen LogP contribution in [0.3, 0.4) is 0 Å². The molecule has 0 spiro atoms. The maximum atomic E-state index is 13.1. The molecule has 0 saturated heterocycles. The smallest absolute Gasteiger partial charge is 0.307 e. The molecule has 0 heterocycles. The van der Waals surface area contributed by atoms with Gasteiger partial charge in [-0.25, -0.2) is 0 Å². The number of benzene rings is 2. The fourth-order valence-electron chi connectivity index (χ4n) is 2.63. The van der Waals surface area contributed by atoms with Crippen molar-refractivity contribution in [3.63, 3.8) is 0 Å². The van der Waals surface area contributed by atoms with Crippen LogP contribution in [-0.2, 0) is 9.53 Å². The molecule has 29 heavy (non-hydrogen) atoms. The molecule has 0 atom stereocenters. The molecular formula is C22H29IN2O4. The molecule has 0 aliphatic rings. The van der Waals surface area contributed by atoms with Crippen LogP contribution in [0.15, 0.2) is 54.6 Å². The highest BCUT2D eigenvalue weighted by molar-refractivity contribution is 6.07. The van der Waals surface area contributed by atoms with Crippen LogP contribution in [0.2, 0.25) is 0 Å². The van der Waals surface area contributed by atoms with Crippen molar-refractivity contribution < 1.29 is 47.5 Å². The molecule has 0 bridgehead atoms. The van der Waals surface area contributed by atoms with Gasteiger partial charge in [0.2, 0.25) is 0 Å². The van der Waals surface area contributed by atoms with E-state index in [2.05, 4.69) is 0 Å². The van der Waals surface area contributed by atoms with Gasteiger partial charge in [0.15, 0.2) is 0 Å². The molecule has 1 amide bonds. The van der Waals surface area contributed by atoms with Crippen molar-refractivity contribution in [2.45, 2.75) is 6.42 Å². The number of quaternary nitrogens is 1. The number of anilines is 1. The number of carbonyl (C=O) groups is 2. The summed E-state index contributed by atoms with van der Waals surface area (Å²) in [4.78, 5) is 26.8. The number of nitrogens with zero attached hydrogens (tertiary/aromatic N) is 2. The van der Waals surface area contributed by atoms with Crippen molar-refractivity contribution in [2.75, 3.05) is 52.8 Å². The number of ether oxygens (including phenoxy) is 2. The Kier molecular flexibility index (Phi) is 10.1. The second-order valence-corrected chi connectivity index (χ2v) is 7.48. The van der Waals surface area contributed by atoms with E-state index in [0.29, 0.717) is 28.1 Å². The molecule has 0 aliphatic carbocycles. The first-order valence-corrected chi connectivity index (χ1v) is 9.28. The summed E-state index contributed by atoms with van der Waals surface area (Å²) in [5.41, 5.74) is 1.17. The van der Waals surface area contributed by atoms with Gasteiger partial charge in [-0.1, -0.05) is 30.3 Å². The molecule has 0 aliphatic heterocycles. The second-order valence-electron chi connectivity index (χ2n) is 7.48. The quantitative estimate of drug-likeness (QED) is 0.270. The van der Waals surface area contributed by atoms with Gasteiger partial charge < -0.3 is 42.8 Å². The normalized spacial score (nSPS) is 10.6. The van der Waals surface area contributed by atoms with E-state index in [1.54, 1.807) is 30.2 Å². The van der Waals surface area contributed by atoms with Crippen molar-refractivity contribution >= 4 is 17.6 Å². The number of likely N-dealkylation sites (N-methyl/N-ethyl adjacent to an activating group) is 1. The Labute approximate surface area is 190 Å². The fourth-order valence-corrected chi connectivity index (χ4v) is 2.63. The van der Waals surface area contributed by atoms with Crippen LogP contribution in [0.1, 0.15) is 16.8 Å². The summed E-state index contributed by atoms with van der Waals surface area (Å²) in [6.07, 6.45) is 0.105. The fraction of sp³-hybridized carbons (Fsp3) is 0.364. The Hall–Kier alpha value is -2.13. The number of hydrogen-bond donors (Lipinski definition) is 0. The van der Waals surface area contributed by atoms with E-state index < -0.39 is 0 Å². The molecule has 2 aromatic rings. The molecule has 0 radical (unpaired) electrons. The largest absolute Gasteiger partial charge is 1.00 e. The number of carbonyl (C=O) groups excluding carboxylic acids is 2. The topological polar surface area (TPSA) is 55.8 Å². The molecule has 7 heteroatoms. The van der Waals surface area contributed by atoms with E-state index in [0.717, 1.165) is 6.54 Å². The Morgan fingerprint density at radius 2 is 1.59 bits per heavy atom. The summed E-state index contributed by atoms with van der Waals surface area (Å²) in [5, 5.41) is 0. The minimum atomic E-state index is -0.325. The highest BCUT2D eigenvalue weighted by Crippen LogP contribution is 2.29. The van der Waals surface area contributed by atoms with E-state index in [1.807, 2.05) is 57.5 Å². The number of rotatable bonds is 9. The van der Waals surface area contributed by atoms with E-state index in [4.69, 9.17) is 9.47 Å². The molecule has 2 aromatic carbocycles. The molecule has 0 fully saturated rings. The number of halogens is 1. The number of hydrogen-bond acceptors (Lipinski definition) is 4. The first-order valence-electron chi connectivity index (χ1n) is 9.28. The van der Waals surface area contributed by atoms with E-state index in [9.17, 15) is 9.59 Å². The zero-order chi connectivity index (χ0) is 20.6. The second kappa shape index (κ2) is 11.8. The predicted molar refractivity (Wildman–Crippen MR) is 110 cm³/mol. The van der Waals surface area contributed by atoms with Gasteiger partial charge in [-0.05, 0) is 24.3 Å². The van der Waals surface area contributed by atoms with E-state index in [1.165, 1.54) is 0 Å². The highest BCUT2D eigenvalue weighted by atomic mass is 127. The van der Waals surface area contributed by atoms with Crippen LogP contribution in [0, 0.1) is 0 Å². The number of esters is 1. The SMILES string of the molecule is COc1ccccc1N(CCC(=O)OCC[N+](C)(C)C)C(=O)c1ccccc1.[I-]. The lowest BCUT2D eigenvalue weighted by Gasteiger charge is -2.25. The van der Waals surface area contributed by atoms with Gasteiger partial charge in [-0.15, -0.1) is 0 Å². The predicted octanol–water partition coefficient (Wildman–Crippen LogP) is -0.0145. The van der Waals surface area contributed by atoms with Gasteiger partial charge in [0.1, 0.15) is 18.9 Å². The third-order valence-corrected chi connectivity index (χ3v) is 4.21. The van der Waals surface area contributed by atoms with Gasteiger partial charge >= 0.3 is 5.97 Å². The molecule has 158 valence electrons. The summed E-state index contributed by atoms with van der Waals surface area (Å²) in [6.45, 7) is 1.28. The minimum absolute atomic E-state index is 0. The van der Waals surface area contributed by atoms with Crippen LogP contribution < -0.4 is 33.6 Å². The van der Waals surface area contributed by atoms with Crippen molar-refractivity contribution in [1.82, 2.24) is 0 Å². The first-order chi connectivity index (χ1) is 13.3. The lowest BCUT2D eigenvalue weighted by atomic mass is 10.1. The number of para-hydroxylation sites is 2. The standard InChI is InChI=1S/C22H29N2O4.HI/c1-24(2,3)16-17-28-21(25)14-15-23(19-12-8-9-13-20(19)27-4)22(26)18-10-6-5-7-11-18;/h5-13H,14-17H2,1-4H3;1H/q+1;/p-1. The van der Waals surface area contributed by atoms with Crippen LogP contribution in [-0.4, -0.2) is 64.3 Å². The van der Waals surface area contributed by atoms with E-state index in [-0.39, 0.29) is 48.8 Å². The molecular weight excluding hydrogens is 483 g/mol. The highest BCUT2D eigenvalue weighted by Gasteiger charge is 2.22. The Morgan fingerprint density at radius 3 is 2.21 bits per heavy atom. The summed E-state index contributed by atoms with van der Waals surface area (Å²) in [7, 11) is 7.67. The minimum Gasteiger partial charge on any atom is -1.00 e. The molecule has 0 N–H and O–H groups in total. The van der Waals surface area contributed by atoms with Crippen molar-refractivity contribution in [1.29, 1.82) is 0 Å². The Morgan fingerprint density at radius 1 is 0.966 bits per heavy atom. The molecule has 2 rings (SSSR count). The molecule has 0 aromatic heterocycles. The monoisotopic (exact) mass is 512 g/mol. The zero-order valence-electron chi connectivity index (χ0n) is 17.4. The van der Waals surface area contributed by atoms with Crippen LogP contribution in [0.25, 0.3) is 0 Å². The summed E-state index contributed by atoms with van der Waals surface area (Å²) >= 11 is 0. The summed E-state index contributed by atoms with van der Waals surface area (Å²) in [6, 6.07) is 16.3. The van der Waals surface area contributed by atoms with Gasteiger partial charge in [-0.3, -0.25) is 9.59 Å². The van der Waals surface area contributed by atoms with Crippen molar-refractivity contribution in [2.24, 2.45) is 0 Å². The summed E-state index contributed by atoms with van der Waals surface area (Å²) in [5.74, 6) is 0.0589. The van der Waals surface area contributed by atoms with Crippen LogP contribution in [0.4, 0.5) is 5.69 Å². The Bertz CT molecular complexity index is 791. The van der Waals surface area contributed by atoms with Gasteiger partial charge in [0.25, 0.3) is 5.91 Å². The van der Waals surface area contributed by atoms with E-state index >= 15 is 0 Å². The lowest BCUT2D eigenvalue weighted by molar-refractivity contribution is -0.870. The van der Waals surface area contributed by atoms with Gasteiger partial charge in [-0.2, -0.15) is 0 Å². The third kappa shape index (κ3) is 8.02. The third-order valence-electron chi connectivity index (χ3n) is 4.21. The summed E-state index contributed by atoms with van der Waals surface area (Å²) < 4.78 is 11.4. The van der Waals surface area contributed by atoms with Crippen molar-refractivity contribution in [3.05, 3.63) is 60.2 Å². The number of methoxy groups -OCH3 is 1. The molecule has 0 unspecified atom stereocenters. The lowest BCUT2D eigenvalue weighted by Crippen LogP contribution is -3.00. The average Bonchev–Trinajstić information content (AvgIpc) is 2.68. The van der Waals surface area contributed by atoms with Gasteiger partial charge in [0, 0.05) is 12.1 Å². The maximum absolute atomic E-state index is 13.1. The number of amides is 1. The van der Waals surface area contributed by atoms with Crippen LogP contribution >= 0.6 is 0 Å². The maximum Gasteiger partial charge on any atom is 0.307 e. The molecule has 0 saturated carbocycles. The average molecular weight is 512 g/mol. The zero-order valence-corrected chi connectivity index (χ0v) is 19.6. The van der Waals surface area contributed by atoms with Crippen molar-refractivity contribution in [3.8, 4) is 5.75 Å². The Balaban J connectivity index is 0.00000420. The molecule has 6 nitrogen and oxygen atoms in total. The van der Waals surface area contributed by atoms with Gasteiger partial charge in [0.05, 0.1) is 40.4 Å². The first kappa shape index (κ1) is 24.9. The van der Waals surface area contributed by atoms with Crippen LogP contribution in [0.5, 0.6) is 5.75 Å².